The molecule has 2 heterocycles. The summed E-state index contributed by atoms with van der Waals surface area (Å²) in [6.45, 7) is -0.00990. The van der Waals surface area contributed by atoms with Gasteiger partial charge in [0.25, 0.3) is 5.91 Å². The molecule has 0 unspecified atom stereocenters. The second-order valence-electron chi connectivity index (χ2n) is 6.35. The lowest BCUT2D eigenvalue weighted by molar-refractivity contribution is 0.0992. The van der Waals surface area contributed by atoms with Gasteiger partial charge < -0.3 is 14.5 Å². The lowest BCUT2D eigenvalue weighted by atomic mass is 10.3. The molecule has 1 amide bonds. The van der Waals surface area contributed by atoms with Crippen LogP contribution in [0.3, 0.4) is 0 Å². The molecule has 9 heteroatoms. The molecule has 2 aromatic carbocycles. The minimum Gasteiger partial charge on any atom is -0.484 e. The second kappa shape index (κ2) is 8.73. The highest BCUT2D eigenvalue weighted by Gasteiger charge is 2.18. The average molecular weight is 437 g/mol. The molecule has 31 heavy (non-hydrogen) atoms. The molecule has 1 N–H and O–H groups in total. The second-order valence-corrected chi connectivity index (χ2v) is 6.76. The number of nitrogens with zero attached hydrogens (tertiary/aromatic N) is 3. The Bertz CT molecular complexity index is 1280. The standard InChI is InChI=1S/C22H14ClFN4O3/c23-18-10-15(24)6-8-19(18)30-13-17-7-9-20(31-17)22(29)27-21-14(11-25)12-26-28(21)16-4-2-1-3-5-16/h1-10,12H,13H2,(H,27,29). The maximum atomic E-state index is 13.1. The van der Waals surface area contributed by atoms with Crippen molar-refractivity contribution in [3.8, 4) is 17.5 Å². The van der Waals surface area contributed by atoms with Crippen molar-refractivity contribution in [2.75, 3.05) is 5.32 Å². The van der Waals surface area contributed by atoms with Crippen LogP contribution in [0.1, 0.15) is 21.9 Å². The Morgan fingerprint density at radius 3 is 2.77 bits per heavy atom. The number of hydrogen-bond acceptors (Lipinski definition) is 5. The summed E-state index contributed by atoms with van der Waals surface area (Å²) in [5, 5.41) is 16.3. The minimum atomic E-state index is -0.555. The van der Waals surface area contributed by atoms with Crippen molar-refractivity contribution in [2.24, 2.45) is 0 Å². The summed E-state index contributed by atoms with van der Waals surface area (Å²) in [5.41, 5.74) is 0.891. The number of furan rings is 1. The fraction of sp³-hybridized carbons (Fsp3) is 0.0455. The molecule has 0 spiro atoms. The smallest absolute Gasteiger partial charge is 0.292 e. The number of nitrogens with one attached hydrogen (secondary N) is 1. The molecular weight excluding hydrogens is 423 g/mol. The molecule has 2 aromatic heterocycles. The van der Waals surface area contributed by atoms with E-state index < -0.39 is 11.7 Å². The van der Waals surface area contributed by atoms with Gasteiger partial charge in [-0.05, 0) is 42.5 Å². The number of halogens is 2. The summed E-state index contributed by atoms with van der Waals surface area (Å²) in [4.78, 5) is 12.7. The number of hydrogen-bond donors (Lipinski definition) is 1. The summed E-state index contributed by atoms with van der Waals surface area (Å²) in [6, 6.07) is 17.9. The highest BCUT2D eigenvalue weighted by molar-refractivity contribution is 6.32. The topological polar surface area (TPSA) is 93.1 Å². The van der Waals surface area contributed by atoms with E-state index in [0.717, 1.165) is 6.07 Å². The van der Waals surface area contributed by atoms with Gasteiger partial charge in [-0.15, -0.1) is 0 Å². The van der Waals surface area contributed by atoms with Gasteiger partial charge >= 0.3 is 0 Å². The van der Waals surface area contributed by atoms with Crippen LogP contribution in [0.2, 0.25) is 5.02 Å². The van der Waals surface area contributed by atoms with E-state index in [1.54, 1.807) is 18.2 Å². The summed E-state index contributed by atoms with van der Waals surface area (Å²) < 4.78 is 25.6. The first-order chi connectivity index (χ1) is 15.0. The zero-order valence-corrected chi connectivity index (χ0v) is 16.6. The van der Waals surface area contributed by atoms with Crippen LogP contribution in [0.25, 0.3) is 5.69 Å². The van der Waals surface area contributed by atoms with E-state index >= 15 is 0 Å². The van der Waals surface area contributed by atoms with Crippen molar-refractivity contribution in [2.45, 2.75) is 6.61 Å². The number of amides is 1. The third-order valence-electron chi connectivity index (χ3n) is 4.27. The van der Waals surface area contributed by atoms with Crippen molar-refractivity contribution in [1.29, 1.82) is 5.26 Å². The molecule has 4 aromatic rings. The van der Waals surface area contributed by atoms with Gasteiger partial charge in [0.05, 0.1) is 16.9 Å². The number of nitriles is 1. The number of aromatic nitrogens is 2. The quantitative estimate of drug-likeness (QED) is 0.461. The fourth-order valence-corrected chi connectivity index (χ4v) is 3.03. The molecule has 0 radical (unpaired) electrons. The van der Waals surface area contributed by atoms with E-state index in [2.05, 4.69) is 10.4 Å². The van der Waals surface area contributed by atoms with Crippen LogP contribution in [0, 0.1) is 17.1 Å². The normalized spacial score (nSPS) is 10.5. The summed E-state index contributed by atoms with van der Waals surface area (Å²) in [6.07, 6.45) is 1.37. The molecule has 0 atom stereocenters. The fourth-order valence-electron chi connectivity index (χ4n) is 2.80. The first kappa shape index (κ1) is 20.2. The molecule has 0 fully saturated rings. The number of ether oxygens (including phenoxy) is 1. The lowest BCUT2D eigenvalue weighted by Gasteiger charge is -2.08. The molecule has 154 valence electrons. The molecule has 0 bridgehead atoms. The minimum absolute atomic E-state index is 0.00990. The van der Waals surface area contributed by atoms with Crippen LogP contribution < -0.4 is 10.1 Å². The maximum Gasteiger partial charge on any atom is 0.292 e. The third kappa shape index (κ3) is 4.42. The van der Waals surface area contributed by atoms with Crippen LogP contribution >= 0.6 is 11.6 Å². The first-order valence-corrected chi connectivity index (χ1v) is 9.44. The Hall–Kier alpha value is -4.09. The van der Waals surface area contributed by atoms with Gasteiger partial charge in [0.15, 0.2) is 11.6 Å². The van der Waals surface area contributed by atoms with E-state index in [1.807, 2.05) is 24.3 Å². The number of carbonyl (C=O) groups is 1. The Morgan fingerprint density at radius 1 is 1.23 bits per heavy atom. The van der Waals surface area contributed by atoms with Gasteiger partial charge in [-0.2, -0.15) is 10.4 Å². The molecule has 0 aliphatic rings. The predicted molar refractivity (Wildman–Crippen MR) is 111 cm³/mol. The molecule has 0 saturated heterocycles. The Labute approximate surface area is 181 Å². The van der Waals surface area contributed by atoms with Crippen molar-refractivity contribution < 1.29 is 18.3 Å². The van der Waals surface area contributed by atoms with Crippen molar-refractivity contribution >= 4 is 23.3 Å². The number of benzene rings is 2. The number of carbonyl (C=O) groups excluding carboxylic acids is 1. The van der Waals surface area contributed by atoms with Crippen molar-refractivity contribution in [1.82, 2.24) is 9.78 Å². The van der Waals surface area contributed by atoms with E-state index in [-0.39, 0.29) is 34.5 Å². The molecule has 0 saturated carbocycles. The van der Waals surface area contributed by atoms with Crippen LogP contribution in [0.4, 0.5) is 10.2 Å². The van der Waals surface area contributed by atoms with Crippen LogP contribution in [-0.2, 0) is 6.61 Å². The molecule has 0 aliphatic heterocycles. The van der Waals surface area contributed by atoms with Gasteiger partial charge in [0.1, 0.15) is 35.6 Å². The average Bonchev–Trinajstić information content (AvgIpc) is 3.41. The Morgan fingerprint density at radius 2 is 2.03 bits per heavy atom. The van der Waals surface area contributed by atoms with Gasteiger partial charge in [0, 0.05) is 0 Å². The predicted octanol–water partition coefficient (Wildman–Crippen LogP) is 4.96. The van der Waals surface area contributed by atoms with Gasteiger partial charge in [-0.1, -0.05) is 29.8 Å². The number of rotatable bonds is 6. The number of para-hydroxylation sites is 1. The van der Waals surface area contributed by atoms with Crippen molar-refractivity contribution in [3.63, 3.8) is 0 Å². The van der Waals surface area contributed by atoms with E-state index in [4.69, 9.17) is 20.8 Å². The van der Waals surface area contributed by atoms with E-state index in [1.165, 1.54) is 29.1 Å². The van der Waals surface area contributed by atoms with Crippen LogP contribution in [0.15, 0.2) is 71.3 Å². The number of anilines is 1. The van der Waals surface area contributed by atoms with Crippen LogP contribution in [-0.4, -0.2) is 15.7 Å². The molecular formula is C22H14ClFN4O3. The van der Waals surface area contributed by atoms with Gasteiger partial charge in [-0.25, -0.2) is 9.07 Å². The summed E-state index contributed by atoms with van der Waals surface area (Å²) in [7, 11) is 0. The summed E-state index contributed by atoms with van der Waals surface area (Å²) in [5.74, 6) is -0.126. The highest BCUT2D eigenvalue weighted by atomic mass is 35.5. The highest BCUT2D eigenvalue weighted by Crippen LogP contribution is 2.26. The van der Waals surface area contributed by atoms with Gasteiger partial charge in [0.2, 0.25) is 0 Å². The lowest BCUT2D eigenvalue weighted by Crippen LogP contribution is -2.15. The van der Waals surface area contributed by atoms with E-state index in [0.29, 0.717) is 11.4 Å². The molecule has 7 nitrogen and oxygen atoms in total. The molecule has 0 aliphatic carbocycles. The summed E-state index contributed by atoms with van der Waals surface area (Å²) >= 11 is 5.93. The van der Waals surface area contributed by atoms with Crippen molar-refractivity contribution in [3.05, 3.63) is 94.8 Å². The largest absolute Gasteiger partial charge is 0.484 e. The van der Waals surface area contributed by atoms with Crippen LogP contribution in [0.5, 0.6) is 5.75 Å². The Balaban J connectivity index is 1.49. The first-order valence-electron chi connectivity index (χ1n) is 9.06. The zero-order chi connectivity index (χ0) is 21.8. The monoisotopic (exact) mass is 436 g/mol. The SMILES string of the molecule is N#Cc1cnn(-c2ccccc2)c1NC(=O)c1ccc(COc2ccc(F)cc2Cl)o1. The molecule has 4 rings (SSSR count). The zero-order valence-electron chi connectivity index (χ0n) is 15.9. The van der Waals surface area contributed by atoms with Gasteiger partial charge in [-0.3, -0.25) is 4.79 Å². The van der Waals surface area contributed by atoms with E-state index in [9.17, 15) is 14.4 Å². The third-order valence-corrected chi connectivity index (χ3v) is 4.57. The Kier molecular flexibility index (Phi) is 5.69. The maximum absolute atomic E-state index is 13.1.